The van der Waals surface area contributed by atoms with Crippen molar-refractivity contribution in [3.05, 3.63) is 23.8 Å². The topological polar surface area (TPSA) is 52.6 Å². The van der Waals surface area contributed by atoms with Crippen molar-refractivity contribution in [2.75, 3.05) is 47.8 Å². The van der Waals surface area contributed by atoms with Crippen LogP contribution in [0.2, 0.25) is 0 Å². The lowest BCUT2D eigenvalue weighted by atomic mass is 9.91. The Morgan fingerprint density at radius 2 is 1.82 bits per heavy atom. The molecule has 0 spiro atoms. The molecule has 0 atom stereocenters. The molecule has 22 heavy (non-hydrogen) atoms. The van der Waals surface area contributed by atoms with Crippen molar-refractivity contribution >= 4 is 5.91 Å². The highest BCUT2D eigenvalue weighted by atomic mass is 16.2. The van der Waals surface area contributed by atoms with Gasteiger partial charge in [-0.05, 0) is 40.0 Å². The first-order valence-corrected chi connectivity index (χ1v) is 7.84. The summed E-state index contributed by atoms with van der Waals surface area (Å²) in [5.74, 6) is 0.626. The summed E-state index contributed by atoms with van der Waals surface area (Å²) in [4.78, 5) is 26.9. The minimum atomic E-state index is 0.172. The first kappa shape index (κ1) is 16.8. The largest absolute Gasteiger partial charge is 0.348 e. The quantitative estimate of drug-likeness (QED) is 0.805. The number of hydrogen-bond donors (Lipinski definition) is 0. The van der Waals surface area contributed by atoms with Crippen LogP contribution in [0.15, 0.2) is 12.4 Å². The molecular weight excluding hydrogens is 278 g/mol. The first-order valence-electron chi connectivity index (χ1n) is 7.84. The number of carbonyl (C=O) groups is 1. The number of piperidine rings is 1. The molecule has 122 valence electrons. The normalized spacial score (nSPS) is 17.0. The van der Waals surface area contributed by atoms with Gasteiger partial charge < -0.3 is 9.80 Å². The molecule has 1 saturated heterocycles. The van der Waals surface area contributed by atoms with E-state index in [-0.39, 0.29) is 5.91 Å². The molecule has 0 radical (unpaired) electrons. The van der Waals surface area contributed by atoms with Crippen molar-refractivity contribution in [3.8, 4) is 0 Å². The zero-order valence-corrected chi connectivity index (χ0v) is 14.1. The van der Waals surface area contributed by atoms with Gasteiger partial charge in [0, 0.05) is 39.0 Å². The van der Waals surface area contributed by atoms with E-state index in [0.29, 0.717) is 12.5 Å². The van der Waals surface area contributed by atoms with Crippen molar-refractivity contribution < 1.29 is 4.79 Å². The Labute approximate surface area is 133 Å². The summed E-state index contributed by atoms with van der Waals surface area (Å²) in [6.45, 7) is 3.23. The number of carbonyl (C=O) groups excluding carboxylic acids is 1. The van der Waals surface area contributed by atoms with E-state index in [1.54, 1.807) is 17.3 Å². The lowest BCUT2D eigenvalue weighted by molar-refractivity contribution is -0.130. The molecule has 6 nitrogen and oxygen atoms in total. The summed E-state index contributed by atoms with van der Waals surface area (Å²) in [5, 5.41) is 0. The molecule has 1 aliphatic rings. The van der Waals surface area contributed by atoms with Gasteiger partial charge in [-0.25, -0.2) is 0 Å². The second kappa shape index (κ2) is 7.65. The van der Waals surface area contributed by atoms with Crippen molar-refractivity contribution in [3.63, 3.8) is 0 Å². The van der Waals surface area contributed by atoms with Gasteiger partial charge in [-0.1, -0.05) is 0 Å². The maximum Gasteiger partial charge on any atom is 0.236 e. The first-order chi connectivity index (χ1) is 10.5. The molecule has 1 aromatic rings. The Hall–Kier alpha value is -1.53. The van der Waals surface area contributed by atoms with Crippen LogP contribution in [-0.4, -0.2) is 78.4 Å². The van der Waals surface area contributed by atoms with Crippen LogP contribution in [-0.2, 0) is 11.3 Å². The molecule has 1 amide bonds. The van der Waals surface area contributed by atoms with Crippen LogP contribution in [0.25, 0.3) is 0 Å². The van der Waals surface area contributed by atoms with E-state index in [1.807, 2.05) is 28.2 Å². The number of amides is 1. The molecule has 1 fully saturated rings. The molecule has 0 aromatic carbocycles. The fourth-order valence-corrected chi connectivity index (χ4v) is 2.84. The van der Waals surface area contributed by atoms with E-state index in [2.05, 4.69) is 19.8 Å². The van der Waals surface area contributed by atoms with Crippen molar-refractivity contribution in [2.24, 2.45) is 0 Å². The molecular formula is C16H27N5O. The summed E-state index contributed by atoms with van der Waals surface area (Å²) in [6, 6.07) is 0. The molecule has 0 bridgehead atoms. The Morgan fingerprint density at radius 3 is 2.41 bits per heavy atom. The maximum absolute atomic E-state index is 11.8. The van der Waals surface area contributed by atoms with Crippen molar-refractivity contribution in [1.29, 1.82) is 0 Å². The van der Waals surface area contributed by atoms with Crippen LogP contribution in [0.1, 0.15) is 30.1 Å². The average Bonchev–Trinajstić information content (AvgIpc) is 2.48. The summed E-state index contributed by atoms with van der Waals surface area (Å²) >= 11 is 0. The second-order valence-electron chi connectivity index (χ2n) is 6.46. The average molecular weight is 305 g/mol. The van der Waals surface area contributed by atoms with Gasteiger partial charge in [0.25, 0.3) is 0 Å². The van der Waals surface area contributed by atoms with Crippen LogP contribution in [0.5, 0.6) is 0 Å². The van der Waals surface area contributed by atoms with E-state index in [4.69, 9.17) is 0 Å². The summed E-state index contributed by atoms with van der Waals surface area (Å²) < 4.78 is 0. The Bertz CT molecular complexity index is 495. The number of rotatable bonds is 5. The number of likely N-dealkylation sites (N-methyl/N-ethyl adjacent to an activating group) is 1. The molecule has 2 heterocycles. The van der Waals surface area contributed by atoms with Gasteiger partial charge >= 0.3 is 0 Å². The van der Waals surface area contributed by atoms with E-state index in [0.717, 1.165) is 43.9 Å². The predicted octanol–water partition coefficient (Wildman–Crippen LogP) is 0.806. The van der Waals surface area contributed by atoms with Gasteiger partial charge in [0.15, 0.2) is 0 Å². The minimum Gasteiger partial charge on any atom is -0.348 e. The fourth-order valence-electron chi connectivity index (χ4n) is 2.84. The Kier molecular flexibility index (Phi) is 5.85. The van der Waals surface area contributed by atoms with Crippen LogP contribution >= 0.6 is 0 Å². The third-order valence-electron chi connectivity index (χ3n) is 4.10. The van der Waals surface area contributed by atoms with Crippen LogP contribution in [0.3, 0.4) is 0 Å². The molecule has 0 saturated carbocycles. The van der Waals surface area contributed by atoms with Crippen molar-refractivity contribution in [2.45, 2.75) is 25.3 Å². The Morgan fingerprint density at radius 1 is 1.18 bits per heavy atom. The highest BCUT2D eigenvalue weighted by Gasteiger charge is 2.25. The summed E-state index contributed by atoms with van der Waals surface area (Å²) in [5.41, 5.74) is 2.21. The third kappa shape index (κ3) is 4.48. The molecule has 0 unspecified atom stereocenters. The monoisotopic (exact) mass is 305 g/mol. The van der Waals surface area contributed by atoms with Gasteiger partial charge in [-0.3, -0.25) is 19.7 Å². The molecule has 1 aromatic heterocycles. The molecule has 0 N–H and O–H groups in total. The third-order valence-corrected chi connectivity index (χ3v) is 4.10. The summed E-state index contributed by atoms with van der Waals surface area (Å²) in [6.07, 6.45) is 5.64. The highest BCUT2D eigenvalue weighted by Crippen LogP contribution is 2.28. The SMILES string of the molecule is CN(C)Cc1nccnc1C1CCN(CC(=O)N(C)C)CC1. The van der Waals surface area contributed by atoms with Gasteiger partial charge in [0.05, 0.1) is 17.9 Å². The molecule has 2 rings (SSSR count). The molecule has 0 aliphatic carbocycles. The Balaban J connectivity index is 1.96. The summed E-state index contributed by atoms with van der Waals surface area (Å²) in [7, 11) is 7.71. The van der Waals surface area contributed by atoms with Crippen LogP contribution in [0.4, 0.5) is 0 Å². The second-order valence-corrected chi connectivity index (χ2v) is 6.46. The zero-order valence-electron chi connectivity index (χ0n) is 14.1. The maximum atomic E-state index is 11.8. The lowest BCUT2D eigenvalue weighted by Crippen LogP contribution is -2.41. The van der Waals surface area contributed by atoms with E-state index in [9.17, 15) is 4.79 Å². The van der Waals surface area contributed by atoms with E-state index in [1.165, 1.54) is 0 Å². The van der Waals surface area contributed by atoms with E-state index >= 15 is 0 Å². The fraction of sp³-hybridized carbons (Fsp3) is 0.688. The van der Waals surface area contributed by atoms with Crippen molar-refractivity contribution in [1.82, 2.24) is 24.7 Å². The highest BCUT2D eigenvalue weighted by molar-refractivity contribution is 5.77. The standard InChI is InChI=1S/C16H27N5O/c1-19(2)11-14-16(18-8-7-17-14)13-5-9-21(10-6-13)12-15(22)20(3)4/h7-8,13H,5-6,9-12H2,1-4H3. The van der Waals surface area contributed by atoms with Crippen LogP contribution < -0.4 is 0 Å². The molecule has 1 aliphatic heterocycles. The number of nitrogens with zero attached hydrogens (tertiary/aromatic N) is 5. The van der Waals surface area contributed by atoms with Gasteiger partial charge in [0.1, 0.15) is 0 Å². The van der Waals surface area contributed by atoms with Gasteiger partial charge in [-0.2, -0.15) is 0 Å². The lowest BCUT2D eigenvalue weighted by Gasteiger charge is -2.32. The number of hydrogen-bond acceptors (Lipinski definition) is 5. The smallest absolute Gasteiger partial charge is 0.236 e. The van der Waals surface area contributed by atoms with E-state index < -0.39 is 0 Å². The zero-order chi connectivity index (χ0) is 16.1. The van der Waals surface area contributed by atoms with Gasteiger partial charge in [-0.15, -0.1) is 0 Å². The predicted molar refractivity (Wildman–Crippen MR) is 86.5 cm³/mol. The minimum absolute atomic E-state index is 0.172. The number of likely N-dealkylation sites (tertiary alicyclic amines) is 1. The number of aromatic nitrogens is 2. The van der Waals surface area contributed by atoms with Crippen LogP contribution in [0, 0.1) is 0 Å². The molecule has 6 heteroatoms. The van der Waals surface area contributed by atoms with Gasteiger partial charge in [0.2, 0.25) is 5.91 Å².